The van der Waals surface area contributed by atoms with E-state index in [0.717, 1.165) is 5.75 Å². The molecule has 1 fully saturated rings. The third kappa shape index (κ3) is 2.88. The maximum atomic E-state index is 9.72. The molecule has 0 aromatic rings. The van der Waals surface area contributed by atoms with Crippen LogP contribution in [-0.4, -0.2) is 33.7 Å². The van der Waals surface area contributed by atoms with Crippen LogP contribution in [0.1, 0.15) is 13.8 Å². The molecular weight excluding hydrogens is 176 g/mol. The molecule has 11 heavy (non-hydrogen) atoms. The Kier molecular flexibility index (Phi) is 4.10. The van der Waals surface area contributed by atoms with Gasteiger partial charge in [0.15, 0.2) is 0 Å². The van der Waals surface area contributed by atoms with Gasteiger partial charge in [-0.25, -0.2) is 0 Å². The Morgan fingerprint density at radius 3 is 2.55 bits per heavy atom. The van der Waals surface area contributed by atoms with Gasteiger partial charge in [0.05, 0.1) is 6.10 Å². The second kappa shape index (κ2) is 4.63. The first kappa shape index (κ1) is 9.75. The molecule has 3 heteroatoms. The van der Waals surface area contributed by atoms with E-state index in [1.54, 1.807) is 0 Å². The molecule has 0 spiro atoms. The Morgan fingerprint density at radius 1 is 1.36 bits per heavy atom. The lowest BCUT2D eigenvalue weighted by Gasteiger charge is -2.27. The molecule has 1 rings (SSSR count). The third-order valence-corrected chi connectivity index (χ3v) is 4.78. The van der Waals surface area contributed by atoms with Gasteiger partial charge in [-0.3, -0.25) is 0 Å². The van der Waals surface area contributed by atoms with Gasteiger partial charge in [-0.15, -0.1) is 0 Å². The fourth-order valence-corrected chi connectivity index (χ4v) is 4.07. The van der Waals surface area contributed by atoms with Crippen LogP contribution in [0.15, 0.2) is 0 Å². The van der Waals surface area contributed by atoms with Crippen LogP contribution in [0.4, 0.5) is 0 Å². The van der Waals surface area contributed by atoms with Crippen LogP contribution in [0.3, 0.4) is 0 Å². The summed E-state index contributed by atoms with van der Waals surface area (Å²) in [6.07, 6.45) is -0.104. The molecule has 1 N–H and O–H groups in total. The van der Waals surface area contributed by atoms with Crippen molar-refractivity contribution in [1.29, 1.82) is 0 Å². The molecule has 0 bridgehead atoms. The molecule has 1 saturated heterocycles. The van der Waals surface area contributed by atoms with E-state index in [9.17, 15) is 5.11 Å². The minimum absolute atomic E-state index is 0.104. The number of aliphatic hydroxyl groups excluding tert-OH is 1. The molecule has 1 aliphatic heterocycles. The maximum Gasteiger partial charge on any atom is 0.0689 e. The van der Waals surface area contributed by atoms with Crippen LogP contribution in [-0.2, 0) is 0 Å². The average Bonchev–Trinajstić information content (AvgIpc) is 2.05. The Labute approximate surface area is 77.3 Å². The molecule has 1 nitrogen and oxygen atoms in total. The molecule has 0 radical (unpaired) electrons. The Hall–Kier alpha value is 0.660. The van der Waals surface area contributed by atoms with Gasteiger partial charge in [-0.2, -0.15) is 23.5 Å². The summed E-state index contributed by atoms with van der Waals surface area (Å²) in [5.41, 5.74) is 0. The average molecular weight is 192 g/mol. The molecule has 0 saturated carbocycles. The molecule has 0 amide bonds. The van der Waals surface area contributed by atoms with Crippen LogP contribution in [0.25, 0.3) is 0 Å². The number of hydrogen-bond acceptors (Lipinski definition) is 3. The quantitative estimate of drug-likeness (QED) is 0.721. The van der Waals surface area contributed by atoms with Gasteiger partial charge < -0.3 is 5.11 Å². The van der Waals surface area contributed by atoms with E-state index in [1.165, 1.54) is 11.5 Å². The highest BCUT2D eigenvalue weighted by molar-refractivity contribution is 8.06. The molecule has 1 aliphatic rings. The van der Waals surface area contributed by atoms with Crippen molar-refractivity contribution in [2.45, 2.75) is 25.2 Å². The van der Waals surface area contributed by atoms with Gasteiger partial charge in [0.25, 0.3) is 0 Å². The van der Waals surface area contributed by atoms with Crippen LogP contribution >= 0.6 is 23.5 Å². The fraction of sp³-hybridized carbons (Fsp3) is 1.00. The number of aliphatic hydroxyl groups is 1. The number of rotatable bonds is 2. The summed E-state index contributed by atoms with van der Waals surface area (Å²) >= 11 is 3.90. The molecular formula is C8H16OS2. The maximum absolute atomic E-state index is 9.72. The monoisotopic (exact) mass is 192 g/mol. The molecule has 1 heterocycles. The highest BCUT2D eigenvalue weighted by Crippen LogP contribution is 2.28. The summed E-state index contributed by atoms with van der Waals surface area (Å²) in [5.74, 6) is 4.00. The van der Waals surface area contributed by atoms with Crippen LogP contribution < -0.4 is 0 Å². The van der Waals surface area contributed by atoms with E-state index in [-0.39, 0.29) is 6.10 Å². The van der Waals surface area contributed by atoms with Gasteiger partial charge in [0.1, 0.15) is 0 Å². The van der Waals surface area contributed by atoms with E-state index in [1.807, 2.05) is 23.5 Å². The van der Waals surface area contributed by atoms with E-state index in [0.29, 0.717) is 11.2 Å². The lowest BCUT2D eigenvalue weighted by molar-refractivity contribution is 0.128. The number of thioether (sulfide) groups is 2. The zero-order valence-electron chi connectivity index (χ0n) is 7.12. The lowest BCUT2D eigenvalue weighted by Crippen LogP contribution is -2.32. The minimum atomic E-state index is -0.104. The summed E-state index contributed by atoms with van der Waals surface area (Å²) in [6, 6.07) is 0. The topological polar surface area (TPSA) is 20.2 Å². The SMILES string of the molecule is CC(C)C(O)C1CSCCS1. The first-order valence-electron chi connectivity index (χ1n) is 4.09. The Morgan fingerprint density at radius 2 is 2.09 bits per heavy atom. The number of hydrogen-bond donors (Lipinski definition) is 1. The zero-order valence-corrected chi connectivity index (χ0v) is 8.75. The van der Waals surface area contributed by atoms with Crippen molar-refractivity contribution in [1.82, 2.24) is 0 Å². The lowest BCUT2D eigenvalue weighted by atomic mass is 10.1. The second-order valence-electron chi connectivity index (χ2n) is 3.22. The van der Waals surface area contributed by atoms with Crippen LogP contribution in [0.5, 0.6) is 0 Å². The van der Waals surface area contributed by atoms with Gasteiger partial charge in [-0.1, -0.05) is 13.8 Å². The van der Waals surface area contributed by atoms with Crippen LogP contribution in [0.2, 0.25) is 0 Å². The summed E-state index contributed by atoms with van der Waals surface area (Å²) in [7, 11) is 0. The summed E-state index contributed by atoms with van der Waals surface area (Å²) in [6.45, 7) is 4.18. The molecule has 0 aromatic carbocycles. The van der Waals surface area contributed by atoms with E-state index in [4.69, 9.17) is 0 Å². The molecule has 2 unspecified atom stereocenters. The normalized spacial score (nSPS) is 28.9. The van der Waals surface area contributed by atoms with Crippen molar-refractivity contribution in [3.63, 3.8) is 0 Å². The second-order valence-corrected chi connectivity index (χ2v) is 5.72. The highest BCUT2D eigenvalue weighted by atomic mass is 32.2. The van der Waals surface area contributed by atoms with Gasteiger partial charge in [0.2, 0.25) is 0 Å². The fourth-order valence-electron chi connectivity index (χ4n) is 1.13. The predicted octanol–water partition coefficient (Wildman–Crippen LogP) is 1.85. The zero-order chi connectivity index (χ0) is 8.27. The van der Waals surface area contributed by atoms with E-state index < -0.39 is 0 Å². The Balaban J connectivity index is 2.32. The summed E-state index contributed by atoms with van der Waals surface area (Å²) in [5, 5.41) is 10.2. The first-order valence-corrected chi connectivity index (χ1v) is 6.29. The van der Waals surface area contributed by atoms with Crippen molar-refractivity contribution >= 4 is 23.5 Å². The third-order valence-electron chi connectivity index (χ3n) is 1.91. The predicted molar refractivity (Wildman–Crippen MR) is 54.4 cm³/mol. The van der Waals surface area contributed by atoms with Crippen molar-refractivity contribution in [3.05, 3.63) is 0 Å². The minimum Gasteiger partial charge on any atom is -0.392 e. The van der Waals surface area contributed by atoms with E-state index in [2.05, 4.69) is 13.8 Å². The first-order chi connectivity index (χ1) is 5.22. The molecule has 2 atom stereocenters. The van der Waals surface area contributed by atoms with E-state index >= 15 is 0 Å². The standard InChI is InChI=1S/C8H16OS2/c1-6(2)8(9)7-5-10-3-4-11-7/h6-9H,3-5H2,1-2H3. The molecule has 0 aromatic heterocycles. The smallest absolute Gasteiger partial charge is 0.0689 e. The summed E-state index contributed by atoms with van der Waals surface area (Å²) in [4.78, 5) is 0. The van der Waals surface area contributed by atoms with Gasteiger partial charge in [0, 0.05) is 22.5 Å². The molecule has 0 aliphatic carbocycles. The van der Waals surface area contributed by atoms with Gasteiger partial charge >= 0.3 is 0 Å². The Bertz CT molecular complexity index is 111. The van der Waals surface area contributed by atoms with Crippen molar-refractivity contribution in [2.75, 3.05) is 17.3 Å². The summed E-state index contributed by atoms with van der Waals surface area (Å²) < 4.78 is 0. The van der Waals surface area contributed by atoms with Crippen molar-refractivity contribution < 1.29 is 5.11 Å². The van der Waals surface area contributed by atoms with Crippen molar-refractivity contribution in [3.8, 4) is 0 Å². The molecule has 66 valence electrons. The van der Waals surface area contributed by atoms with Gasteiger partial charge in [-0.05, 0) is 5.92 Å². The largest absolute Gasteiger partial charge is 0.392 e. The highest BCUT2D eigenvalue weighted by Gasteiger charge is 2.24. The van der Waals surface area contributed by atoms with Crippen LogP contribution in [0, 0.1) is 5.92 Å². The van der Waals surface area contributed by atoms with Crippen molar-refractivity contribution in [2.24, 2.45) is 5.92 Å².